The molecule has 1 unspecified atom stereocenters. The summed E-state index contributed by atoms with van der Waals surface area (Å²) in [6, 6.07) is 8.64. The number of aliphatic imine (C=N–C) groups is 1. The van der Waals surface area contributed by atoms with Crippen molar-refractivity contribution in [3.63, 3.8) is 0 Å². The average molecular weight is 440 g/mol. The molecule has 2 aromatic rings. The van der Waals surface area contributed by atoms with Crippen molar-refractivity contribution in [3.8, 4) is 0 Å². The third-order valence-corrected chi connectivity index (χ3v) is 5.52. The lowest BCUT2D eigenvalue weighted by molar-refractivity contribution is -0.116. The molecule has 8 nitrogen and oxygen atoms in total. The van der Waals surface area contributed by atoms with E-state index in [9.17, 15) is 4.79 Å². The number of nitrogens with one attached hydrogen (secondary N) is 2. The van der Waals surface area contributed by atoms with Crippen LogP contribution in [0.5, 0.6) is 0 Å². The van der Waals surface area contributed by atoms with Gasteiger partial charge in [-0.3, -0.25) is 4.79 Å². The van der Waals surface area contributed by atoms with Gasteiger partial charge in [-0.25, -0.2) is 15.0 Å². The Morgan fingerprint density at radius 3 is 2.84 bits per heavy atom. The first kappa shape index (κ1) is 23.8. The van der Waals surface area contributed by atoms with Crippen molar-refractivity contribution in [1.29, 1.82) is 0 Å². The fourth-order valence-corrected chi connectivity index (χ4v) is 3.62. The van der Waals surface area contributed by atoms with Gasteiger partial charge in [-0.05, 0) is 45.2 Å². The summed E-state index contributed by atoms with van der Waals surface area (Å²) in [7, 11) is 0. The van der Waals surface area contributed by atoms with E-state index < -0.39 is 0 Å². The van der Waals surface area contributed by atoms with Crippen LogP contribution in [-0.2, 0) is 14.3 Å². The number of para-hydroxylation sites is 1. The molecule has 1 saturated heterocycles. The summed E-state index contributed by atoms with van der Waals surface area (Å²) in [5.41, 5.74) is 4.47. The minimum Gasteiger partial charge on any atom is -0.384 e. The largest absolute Gasteiger partial charge is 0.384 e. The van der Waals surface area contributed by atoms with Crippen LogP contribution < -0.4 is 10.6 Å². The molecule has 2 N–H and O–H groups in total. The number of carbonyl (C=O) groups excluding carboxylic acids is 1. The van der Waals surface area contributed by atoms with Gasteiger partial charge in [-0.15, -0.1) is 0 Å². The molecule has 8 heteroatoms. The van der Waals surface area contributed by atoms with E-state index in [2.05, 4.69) is 49.9 Å². The van der Waals surface area contributed by atoms with E-state index in [1.807, 2.05) is 13.8 Å². The molecule has 0 spiro atoms. The van der Waals surface area contributed by atoms with Crippen LogP contribution in [0.3, 0.4) is 0 Å². The minimum absolute atomic E-state index is 0.143. The molecule has 2 aliphatic heterocycles. The van der Waals surface area contributed by atoms with Gasteiger partial charge in [-0.1, -0.05) is 18.2 Å². The van der Waals surface area contributed by atoms with Crippen LogP contribution in [0.4, 0.5) is 11.4 Å². The summed E-state index contributed by atoms with van der Waals surface area (Å²) in [5.74, 6) is 0.395. The smallest absolute Gasteiger partial charge is 0.265 e. The zero-order chi connectivity index (χ0) is 22.8. The van der Waals surface area contributed by atoms with Gasteiger partial charge in [0.2, 0.25) is 0 Å². The summed E-state index contributed by atoms with van der Waals surface area (Å²) >= 11 is 0. The normalized spacial score (nSPS) is 18.2. The number of benzene rings is 1. The fraction of sp³-hybridized carbons (Fsp3) is 0.500. The highest BCUT2D eigenvalue weighted by Gasteiger charge is 2.21. The van der Waals surface area contributed by atoms with Gasteiger partial charge in [0, 0.05) is 44.0 Å². The lowest BCUT2D eigenvalue weighted by atomic mass is 10.0. The summed E-state index contributed by atoms with van der Waals surface area (Å²) < 4.78 is 10.7. The molecule has 1 amide bonds. The fourth-order valence-electron chi connectivity index (χ4n) is 3.62. The van der Waals surface area contributed by atoms with Crippen LogP contribution in [-0.4, -0.2) is 60.6 Å². The highest BCUT2D eigenvalue weighted by atomic mass is 16.5. The Bertz CT molecular complexity index is 912. The minimum atomic E-state index is -0.143. The van der Waals surface area contributed by atoms with Crippen molar-refractivity contribution in [2.45, 2.75) is 45.6 Å². The van der Waals surface area contributed by atoms with Crippen LogP contribution in [0.25, 0.3) is 0 Å². The van der Waals surface area contributed by atoms with Gasteiger partial charge in [0.25, 0.3) is 5.91 Å². The number of anilines is 1. The lowest BCUT2D eigenvalue weighted by Gasteiger charge is -2.22. The summed E-state index contributed by atoms with van der Waals surface area (Å²) in [4.78, 5) is 24.2. The van der Waals surface area contributed by atoms with Gasteiger partial charge in [0.15, 0.2) is 0 Å². The maximum Gasteiger partial charge on any atom is 0.265 e. The second-order valence-corrected chi connectivity index (χ2v) is 7.88. The number of aromatic nitrogens is 2. The van der Waals surface area contributed by atoms with Crippen molar-refractivity contribution in [3.05, 3.63) is 48.0 Å². The van der Waals surface area contributed by atoms with E-state index in [0.717, 1.165) is 38.3 Å². The Morgan fingerprint density at radius 1 is 1.31 bits per heavy atom. The van der Waals surface area contributed by atoms with E-state index in [1.54, 1.807) is 13.1 Å². The Kier molecular flexibility index (Phi) is 9.13. The number of hydrogen-bond donors (Lipinski definition) is 2. The first-order chi connectivity index (χ1) is 15.6. The van der Waals surface area contributed by atoms with Crippen molar-refractivity contribution in [2.75, 3.05) is 38.3 Å². The van der Waals surface area contributed by atoms with E-state index >= 15 is 0 Å². The van der Waals surface area contributed by atoms with Crippen LogP contribution in [0, 0.1) is 6.92 Å². The number of aryl methyl sites for hydroxylation is 1. The van der Waals surface area contributed by atoms with Crippen LogP contribution >= 0.6 is 0 Å². The first-order valence-electron chi connectivity index (χ1n) is 11.2. The van der Waals surface area contributed by atoms with Gasteiger partial charge in [-0.2, -0.15) is 0 Å². The second kappa shape index (κ2) is 12.3. The highest BCUT2D eigenvalue weighted by molar-refractivity contribution is 6.38. The zero-order valence-electron chi connectivity index (χ0n) is 19.1. The predicted octanol–water partition coefficient (Wildman–Crippen LogP) is 3.40. The number of ether oxygens (including phenoxy) is 2. The van der Waals surface area contributed by atoms with Crippen molar-refractivity contribution in [2.24, 2.45) is 4.99 Å². The molecule has 3 heterocycles. The Morgan fingerprint density at radius 2 is 2.09 bits per heavy atom. The molecule has 1 fully saturated rings. The monoisotopic (exact) mass is 439 g/mol. The van der Waals surface area contributed by atoms with Crippen LogP contribution in [0.2, 0.25) is 0 Å². The highest BCUT2D eigenvalue weighted by Crippen LogP contribution is 2.30. The van der Waals surface area contributed by atoms with E-state index in [-0.39, 0.29) is 11.9 Å². The van der Waals surface area contributed by atoms with E-state index in [4.69, 9.17) is 9.47 Å². The maximum atomic E-state index is 12.0. The number of nitrogens with zero attached hydrogens (tertiary/aromatic N) is 3. The van der Waals surface area contributed by atoms with Crippen LogP contribution in [0.1, 0.15) is 43.9 Å². The third kappa shape index (κ3) is 6.83. The molecular weight excluding hydrogens is 406 g/mol. The van der Waals surface area contributed by atoms with Gasteiger partial charge in [0.1, 0.15) is 17.7 Å². The number of hydrogen-bond acceptors (Lipinski definition) is 7. The Balaban J connectivity index is 0.000000193. The van der Waals surface area contributed by atoms with Crippen LogP contribution in [0.15, 0.2) is 41.8 Å². The molecular formula is C24H33N5O3. The molecule has 1 aromatic carbocycles. The third-order valence-electron chi connectivity index (χ3n) is 5.52. The lowest BCUT2D eigenvalue weighted by Crippen LogP contribution is -2.41. The molecule has 172 valence electrons. The van der Waals surface area contributed by atoms with Gasteiger partial charge >= 0.3 is 0 Å². The molecule has 0 saturated carbocycles. The van der Waals surface area contributed by atoms with Crippen molar-refractivity contribution < 1.29 is 14.3 Å². The number of carbonyl (C=O) groups is 1. The summed E-state index contributed by atoms with van der Waals surface area (Å²) in [6.45, 7) is 9.62. The molecule has 1 aromatic heterocycles. The number of amides is 1. The van der Waals surface area contributed by atoms with Crippen molar-refractivity contribution >= 4 is 23.0 Å². The molecule has 0 aliphatic carbocycles. The average Bonchev–Trinajstić information content (AvgIpc) is 3.23. The Hall–Kier alpha value is -2.84. The molecule has 0 radical (unpaired) electrons. The molecule has 32 heavy (non-hydrogen) atoms. The molecule has 2 aliphatic rings. The zero-order valence-corrected chi connectivity index (χ0v) is 19.1. The van der Waals surface area contributed by atoms with E-state index in [0.29, 0.717) is 30.5 Å². The number of fused-ring (bicyclic) bond motifs is 1. The summed E-state index contributed by atoms with van der Waals surface area (Å²) in [5, 5.41) is 6.35. The number of rotatable bonds is 6. The molecule has 0 bridgehead atoms. The quantitative estimate of drug-likeness (QED) is 0.670. The SMILES string of the molecule is CC(=Nc1cncnc1C)C(=O)NC1CCOCC1.CCOCC1CNc2ccccc21. The molecule has 1 atom stereocenters. The van der Waals surface area contributed by atoms with Crippen molar-refractivity contribution in [1.82, 2.24) is 15.3 Å². The van der Waals surface area contributed by atoms with Gasteiger partial charge < -0.3 is 20.1 Å². The second-order valence-electron chi connectivity index (χ2n) is 7.88. The van der Waals surface area contributed by atoms with E-state index in [1.165, 1.54) is 17.6 Å². The first-order valence-corrected chi connectivity index (χ1v) is 11.2. The van der Waals surface area contributed by atoms with Gasteiger partial charge in [0.05, 0.1) is 18.5 Å². The standard InChI is InChI=1S/C13H18N4O2.C11H15NO/c1-9-12(7-14-8-15-9)16-10(2)13(18)17-11-3-5-19-6-4-11;1-2-13-8-9-7-12-11-6-4-3-5-10(9)11/h7-8,11H,3-6H2,1-2H3,(H,17,18);3-6,9,12H,2,7-8H2,1H3. The summed E-state index contributed by atoms with van der Waals surface area (Å²) in [6.07, 6.45) is 4.78. The topological polar surface area (TPSA) is 97.7 Å². The maximum absolute atomic E-state index is 12.0. The Labute approximate surface area is 189 Å². The predicted molar refractivity (Wildman–Crippen MR) is 126 cm³/mol. The molecule has 4 rings (SSSR count).